The van der Waals surface area contributed by atoms with Gasteiger partial charge in [-0.3, -0.25) is 14.7 Å². The molecule has 0 aliphatic carbocycles. The summed E-state index contributed by atoms with van der Waals surface area (Å²) in [7, 11) is 0. The number of ether oxygens (including phenoxy) is 2. The molecule has 0 saturated carbocycles. The standard InChI is InChI=1S/C27H24F5N5O4/c1-15(36-6-8-40-9-7-36)25(38)35-21-11-18(2-5-22(21)41-27(30,31)32)37-14-34-24-20(26(37)39)4-3-19(23(24)29)16-10-17(28)13-33-12-16/h2-5,10-15,26,39H,6-9H2,1H3,(H,35,38). The fraction of sp³-hybridized carbons (Fsp3) is 0.296. The highest BCUT2D eigenvalue weighted by atomic mass is 19.4. The summed E-state index contributed by atoms with van der Waals surface area (Å²) in [5, 5.41) is 13.6. The lowest BCUT2D eigenvalue weighted by molar-refractivity contribution is -0.274. The summed E-state index contributed by atoms with van der Waals surface area (Å²) < 4.78 is 77.7. The van der Waals surface area contributed by atoms with Gasteiger partial charge < -0.3 is 24.8 Å². The molecule has 2 unspecified atom stereocenters. The number of aliphatic imine (C=N–C) groups is 1. The molecule has 1 fully saturated rings. The lowest BCUT2D eigenvalue weighted by Crippen LogP contribution is -2.47. The zero-order valence-electron chi connectivity index (χ0n) is 21.5. The molecule has 9 nitrogen and oxygen atoms in total. The molecule has 14 heteroatoms. The van der Waals surface area contributed by atoms with Gasteiger partial charge in [0.2, 0.25) is 5.91 Å². The predicted molar refractivity (Wildman–Crippen MR) is 139 cm³/mol. The van der Waals surface area contributed by atoms with Crippen molar-refractivity contribution in [1.29, 1.82) is 0 Å². The third kappa shape index (κ3) is 6.14. The van der Waals surface area contributed by atoms with Crippen molar-refractivity contribution in [2.75, 3.05) is 36.5 Å². The molecule has 41 heavy (non-hydrogen) atoms. The van der Waals surface area contributed by atoms with Crippen molar-refractivity contribution >= 4 is 29.3 Å². The number of hydrogen-bond donors (Lipinski definition) is 2. The van der Waals surface area contributed by atoms with Crippen LogP contribution in [-0.4, -0.2) is 65.9 Å². The number of benzene rings is 2. The van der Waals surface area contributed by atoms with Gasteiger partial charge in [0.05, 0.1) is 37.5 Å². The number of fused-ring (bicyclic) bond motifs is 1. The maximum absolute atomic E-state index is 15.3. The normalized spacial score (nSPS) is 18.1. The van der Waals surface area contributed by atoms with Crippen LogP contribution in [0.5, 0.6) is 5.75 Å². The minimum Gasteiger partial charge on any atom is -0.404 e. The van der Waals surface area contributed by atoms with Crippen molar-refractivity contribution in [2.45, 2.75) is 25.6 Å². The largest absolute Gasteiger partial charge is 0.573 e. The quantitative estimate of drug-likeness (QED) is 0.408. The number of nitrogens with one attached hydrogen (secondary N) is 1. The number of morpholine rings is 1. The molecule has 5 rings (SSSR count). The highest BCUT2D eigenvalue weighted by Gasteiger charge is 2.34. The number of halogens is 5. The van der Waals surface area contributed by atoms with E-state index in [4.69, 9.17) is 4.74 Å². The number of aromatic nitrogens is 1. The van der Waals surface area contributed by atoms with Gasteiger partial charge in [-0.2, -0.15) is 0 Å². The molecule has 3 heterocycles. The van der Waals surface area contributed by atoms with E-state index < -0.39 is 41.9 Å². The van der Waals surface area contributed by atoms with E-state index in [-0.39, 0.29) is 33.8 Å². The van der Waals surface area contributed by atoms with Gasteiger partial charge in [-0.25, -0.2) is 13.8 Å². The molecule has 2 N–H and O–H groups in total. The number of anilines is 2. The minimum atomic E-state index is -5.03. The second-order valence-electron chi connectivity index (χ2n) is 9.32. The summed E-state index contributed by atoms with van der Waals surface area (Å²) in [5.41, 5.74) is -0.113. The Balaban J connectivity index is 1.44. The number of pyridine rings is 1. The van der Waals surface area contributed by atoms with E-state index in [1.165, 1.54) is 35.4 Å². The molecule has 2 aliphatic heterocycles. The lowest BCUT2D eigenvalue weighted by atomic mass is 10.0. The molecular weight excluding hydrogens is 553 g/mol. The van der Waals surface area contributed by atoms with Crippen LogP contribution in [0.3, 0.4) is 0 Å². The summed E-state index contributed by atoms with van der Waals surface area (Å²) in [4.78, 5) is 23.8. The Morgan fingerprint density at radius 3 is 2.61 bits per heavy atom. The number of alkyl halides is 3. The SMILES string of the molecule is CC(C(=O)Nc1cc(N2C=Nc3c(ccc(-c4cncc(F)c4)c3F)C2O)ccc1OC(F)(F)F)N1CCOCC1. The zero-order valence-corrected chi connectivity index (χ0v) is 21.5. The highest BCUT2D eigenvalue weighted by Crippen LogP contribution is 2.41. The Bertz CT molecular complexity index is 1480. The number of carbonyl (C=O) groups is 1. The number of rotatable bonds is 6. The number of aliphatic hydroxyl groups excluding tert-OH is 1. The molecule has 0 spiro atoms. The summed E-state index contributed by atoms with van der Waals surface area (Å²) >= 11 is 0. The minimum absolute atomic E-state index is 0.0154. The van der Waals surface area contributed by atoms with Crippen molar-refractivity contribution in [3.63, 3.8) is 0 Å². The van der Waals surface area contributed by atoms with Gasteiger partial charge in [0.15, 0.2) is 17.8 Å². The van der Waals surface area contributed by atoms with Crippen molar-refractivity contribution in [2.24, 2.45) is 4.99 Å². The third-order valence-electron chi connectivity index (χ3n) is 6.73. The molecule has 1 amide bonds. The van der Waals surface area contributed by atoms with Crippen LogP contribution in [0, 0.1) is 11.6 Å². The van der Waals surface area contributed by atoms with Crippen molar-refractivity contribution in [3.05, 3.63) is 66.0 Å². The first-order valence-electron chi connectivity index (χ1n) is 12.5. The molecule has 2 aliphatic rings. The second kappa shape index (κ2) is 11.4. The molecular formula is C27H24F5N5O4. The van der Waals surface area contributed by atoms with Crippen LogP contribution < -0.4 is 15.0 Å². The summed E-state index contributed by atoms with van der Waals surface area (Å²) in [5.74, 6) is -2.71. The third-order valence-corrected chi connectivity index (χ3v) is 6.73. The Morgan fingerprint density at radius 1 is 1.15 bits per heavy atom. The number of carbonyl (C=O) groups excluding carboxylic acids is 1. The van der Waals surface area contributed by atoms with E-state index in [1.54, 1.807) is 6.92 Å². The fourth-order valence-electron chi connectivity index (χ4n) is 4.60. The van der Waals surface area contributed by atoms with Crippen LogP contribution in [0.15, 0.2) is 53.8 Å². The van der Waals surface area contributed by atoms with Gasteiger partial charge in [-0.05, 0) is 31.2 Å². The van der Waals surface area contributed by atoms with Crippen molar-refractivity contribution < 1.29 is 41.3 Å². The number of hydrogen-bond acceptors (Lipinski definition) is 8. The first kappa shape index (κ1) is 28.4. The number of nitrogens with zero attached hydrogens (tertiary/aromatic N) is 4. The maximum Gasteiger partial charge on any atom is 0.573 e. The molecule has 3 aromatic rings. The van der Waals surface area contributed by atoms with Gasteiger partial charge >= 0.3 is 6.36 Å². The molecule has 2 atom stereocenters. The van der Waals surface area contributed by atoms with Crippen LogP contribution in [-0.2, 0) is 9.53 Å². The molecule has 216 valence electrons. The lowest BCUT2D eigenvalue weighted by Gasteiger charge is -2.32. The van der Waals surface area contributed by atoms with E-state index >= 15 is 4.39 Å². The first-order valence-corrected chi connectivity index (χ1v) is 12.5. The van der Waals surface area contributed by atoms with E-state index in [0.29, 0.717) is 26.3 Å². The zero-order chi connectivity index (χ0) is 29.3. The Hall–Kier alpha value is -4.14. The van der Waals surface area contributed by atoms with Crippen LogP contribution in [0.2, 0.25) is 0 Å². The molecule has 0 bridgehead atoms. The van der Waals surface area contributed by atoms with Crippen LogP contribution in [0.25, 0.3) is 11.1 Å². The summed E-state index contributed by atoms with van der Waals surface area (Å²) in [6.07, 6.45) is -3.17. The monoisotopic (exact) mass is 577 g/mol. The Morgan fingerprint density at radius 2 is 1.90 bits per heavy atom. The van der Waals surface area contributed by atoms with E-state index in [0.717, 1.165) is 24.7 Å². The summed E-state index contributed by atoms with van der Waals surface area (Å²) in [6, 6.07) is 6.58. The van der Waals surface area contributed by atoms with Gasteiger partial charge in [0.25, 0.3) is 0 Å². The first-order chi connectivity index (χ1) is 19.5. The molecule has 2 aromatic carbocycles. The smallest absolute Gasteiger partial charge is 0.404 e. The summed E-state index contributed by atoms with van der Waals surface area (Å²) in [6.45, 7) is 3.42. The van der Waals surface area contributed by atoms with E-state index in [1.807, 2.05) is 4.90 Å². The maximum atomic E-state index is 15.3. The number of aliphatic hydroxyl groups is 1. The van der Waals surface area contributed by atoms with Crippen LogP contribution in [0.4, 0.5) is 39.0 Å². The van der Waals surface area contributed by atoms with Crippen LogP contribution >= 0.6 is 0 Å². The highest BCUT2D eigenvalue weighted by molar-refractivity contribution is 5.97. The topological polar surface area (TPSA) is 99.5 Å². The average molecular weight is 578 g/mol. The van der Waals surface area contributed by atoms with Gasteiger partial charge in [-0.1, -0.05) is 12.1 Å². The molecule has 0 radical (unpaired) electrons. The Kier molecular flexibility index (Phi) is 7.89. The average Bonchev–Trinajstić information content (AvgIpc) is 2.94. The van der Waals surface area contributed by atoms with Crippen molar-refractivity contribution in [1.82, 2.24) is 9.88 Å². The van der Waals surface area contributed by atoms with Gasteiger partial charge in [0.1, 0.15) is 11.5 Å². The van der Waals surface area contributed by atoms with E-state index in [9.17, 15) is 27.5 Å². The van der Waals surface area contributed by atoms with Gasteiger partial charge in [0, 0.05) is 41.7 Å². The van der Waals surface area contributed by atoms with Gasteiger partial charge in [-0.15, -0.1) is 13.2 Å². The predicted octanol–water partition coefficient (Wildman–Crippen LogP) is 4.76. The van der Waals surface area contributed by atoms with E-state index in [2.05, 4.69) is 20.0 Å². The fourth-order valence-corrected chi connectivity index (χ4v) is 4.60. The van der Waals surface area contributed by atoms with Crippen LogP contribution in [0.1, 0.15) is 18.7 Å². The second-order valence-corrected chi connectivity index (χ2v) is 9.32. The molecule has 1 saturated heterocycles. The molecule has 1 aromatic heterocycles. The Labute approximate surface area is 230 Å². The number of amides is 1. The van der Waals surface area contributed by atoms with Crippen molar-refractivity contribution in [3.8, 4) is 16.9 Å².